The van der Waals surface area contributed by atoms with Gasteiger partial charge in [-0.1, -0.05) is 40.5 Å². The van der Waals surface area contributed by atoms with Gasteiger partial charge in [0, 0.05) is 16.4 Å². The maximum Gasteiger partial charge on any atom is 0.124 e. The number of halogens is 3. The average Bonchev–Trinajstić information content (AvgIpc) is 2.26. The fourth-order valence-electron chi connectivity index (χ4n) is 1.35. The minimum absolute atomic E-state index is 0.291. The van der Waals surface area contributed by atoms with E-state index < -0.39 is 0 Å². The molecule has 1 rings (SSSR count). The number of hydrogen-bond donors (Lipinski definition) is 1. The smallest absolute Gasteiger partial charge is 0.124 e. The highest BCUT2D eigenvalue weighted by Gasteiger charge is 2.03. The molecule has 0 spiro atoms. The summed E-state index contributed by atoms with van der Waals surface area (Å²) in [5.74, 6) is -0.291. The van der Waals surface area contributed by atoms with Crippen LogP contribution in [-0.2, 0) is 6.54 Å². The third-order valence-electron chi connectivity index (χ3n) is 2.41. The minimum atomic E-state index is -0.291. The molecular formula is C12H16BrClFN. The highest BCUT2D eigenvalue weighted by atomic mass is 79.9. The van der Waals surface area contributed by atoms with Crippen LogP contribution in [0.4, 0.5) is 4.39 Å². The summed E-state index contributed by atoms with van der Waals surface area (Å²) in [6.45, 7) is 3.76. The molecule has 0 radical (unpaired) electrons. The van der Waals surface area contributed by atoms with Crippen LogP contribution in [0.5, 0.6) is 0 Å². The lowest BCUT2D eigenvalue weighted by atomic mass is 10.2. The number of alkyl halides is 1. The predicted octanol–water partition coefficient (Wildman–Crippen LogP) is 4.13. The van der Waals surface area contributed by atoms with Crippen LogP contribution in [0.2, 0.25) is 5.02 Å². The Balaban J connectivity index is 2.32. The van der Waals surface area contributed by atoms with Gasteiger partial charge in [0.1, 0.15) is 5.82 Å². The molecule has 1 aromatic rings. The van der Waals surface area contributed by atoms with Crippen LogP contribution in [0.25, 0.3) is 0 Å². The normalized spacial score (nSPS) is 12.8. The maximum absolute atomic E-state index is 12.8. The Hall–Kier alpha value is -0.120. The Morgan fingerprint density at radius 1 is 1.50 bits per heavy atom. The first-order valence-corrected chi connectivity index (χ1v) is 6.71. The molecule has 0 saturated carbocycles. The predicted molar refractivity (Wildman–Crippen MR) is 70.7 cm³/mol. The lowest BCUT2D eigenvalue weighted by Crippen LogP contribution is -2.17. The largest absolute Gasteiger partial charge is 0.313 e. The third kappa shape index (κ3) is 4.81. The van der Waals surface area contributed by atoms with Gasteiger partial charge in [0.05, 0.1) is 0 Å². The second-order valence-electron chi connectivity index (χ2n) is 3.71. The second-order valence-corrected chi connectivity index (χ2v) is 5.41. The summed E-state index contributed by atoms with van der Waals surface area (Å²) in [5.41, 5.74) is 0.936. The molecule has 16 heavy (non-hydrogen) atoms. The quantitative estimate of drug-likeness (QED) is 0.615. The van der Waals surface area contributed by atoms with Crippen LogP contribution >= 0.6 is 27.5 Å². The molecule has 0 bridgehead atoms. The van der Waals surface area contributed by atoms with E-state index >= 15 is 0 Å². The molecule has 1 aromatic carbocycles. The average molecular weight is 309 g/mol. The van der Waals surface area contributed by atoms with Gasteiger partial charge in [0.15, 0.2) is 0 Å². The Bertz CT molecular complexity index is 333. The summed E-state index contributed by atoms with van der Waals surface area (Å²) < 4.78 is 12.8. The standard InChI is InChI=1S/C12H16BrClFN/c1-2-10(13)5-6-16-8-9-3-4-11(15)7-12(9)14/h3-4,7,10,16H,2,5-6,8H2,1H3. The molecule has 0 aliphatic heterocycles. The summed E-state index contributed by atoms with van der Waals surface area (Å²) in [6, 6.07) is 4.50. The van der Waals surface area contributed by atoms with Gasteiger partial charge in [-0.25, -0.2) is 4.39 Å². The summed E-state index contributed by atoms with van der Waals surface area (Å²) in [5, 5.41) is 3.77. The topological polar surface area (TPSA) is 12.0 Å². The van der Waals surface area contributed by atoms with E-state index in [1.54, 1.807) is 6.07 Å². The van der Waals surface area contributed by atoms with Gasteiger partial charge < -0.3 is 5.32 Å². The molecule has 0 aliphatic rings. The van der Waals surface area contributed by atoms with Gasteiger partial charge in [-0.15, -0.1) is 0 Å². The van der Waals surface area contributed by atoms with Crippen LogP contribution in [0.1, 0.15) is 25.3 Å². The highest BCUT2D eigenvalue weighted by molar-refractivity contribution is 9.09. The molecule has 1 nitrogen and oxygen atoms in total. The summed E-state index contributed by atoms with van der Waals surface area (Å²) in [7, 11) is 0. The molecule has 0 amide bonds. The van der Waals surface area contributed by atoms with Crippen molar-refractivity contribution in [2.24, 2.45) is 0 Å². The maximum atomic E-state index is 12.8. The van der Waals surface area contributed by atoms with Crippen LogP contribution in [0.15, 0.2) is 18.2 Å². The number of nitrogens with one attached hydrogen (secondary N) is 1. The van der Waals surface area contributed by atoms with Crippen molar-refractivity contribution in [1.29, 1.82) is 0 Å². The fraction of sp³-hybridized carbons (Fsp3) is 0.500. The second kappa shape index (κ2) is 7.25. The summed E-state index contributed by atoms with van der Waals surface area (Å²) in [4.78, 5) is 0.559. The highest BCUT2D eigenvalue weighted by Crippen LogP contribution is 2.17. The molecule has 0 fully saturated rings. The molecule has 1 N–H and O–H groups in total. The van der Waals surface area contributed by atoms with Crippen LogP contribution in [0.3, 0.4) is 0 Å². The van der Waals surface area contributed by atoms with E-state index in [4.69, 9.17) is 11.6 Å². The van der Waals surface area contributed by atoms with Gasteiger partial charge in [0.25, 0.3) is 0 Å². The summed E-state index contributed by atoms with van der Waals surface area (Å²) >= 11 is 9.48. The number of rotatable bonds is 6. The minimum Gasteiger partial charge on any atom is -0.313 e. The van der Waals surface area contributed by atoms with Crippen molar-refractivity contribution in [3.05, 3.63) is 34.6 Å². The molecule has 1 unspecified atom stereocenters. The van der Waals surface area contributed by atoms with E-state index in [0.29, 0.717) is 16.4 Å². The zero-order valence-electron chi connectivity index (χ0n) is 9.27. The first-order valence-electron chi connectivity index (χ1n) is 5.42. The molecule has 1 atom stereocenters. The van der Waals surface area contributed by atoms with Crippen LogP contribution in [0, 0.1) is 5.82 Å². The Kier molecular flexibility index (Phi) is 6.32. The Labute approximate surface area is 110 Å². The lowest BCUT2D eigenvalue weighted by molar-refractivity contribution is 0.618. The van der Waals surface area contributed by atoms with Gasteiger partial charge in [0.2, 0.25) is 0 Å². The molecule has 4 heteroatoms. The fourth-order valence-corrected chi connectivity index (χ4v) is 1.81. The van der Waals surface area contributed by atoms with Gasteiger partial charge in [-0.2, -0.15) is 0 Å². The SMILES string of the molecule is CCC(Br)CCNCc1ccc(F)cc1Cl. The van der Waals surface area contributed by atoms with Crippen molar-refractivity contribution in [1.82, 2.24) is 5.32 Å². The zero-order chi connectivity index (χ0) is 12.0. The van der Waals surface area contributed by atoms with Crippen LogP contribution in [-0.4, -0.2) is 11.4 Å². The first kappa shape index (κ1) is 13.9. The van der Waals surface area contributed by atoms with E-state index in [1.165, 1.54) is 12.1 Å². The zero-order valence-corrected chi connectivity index (χ0v) is 11.6. The van der Waals surface area contributed by atoms with E-state index in [2.05, 4.69) is 28.2 Å². The van der Waals surface area contributed by atoms with Gasteiger partial charge in [-0.3, -0.25) is 0 Å². The van der Waals surface area contributed by atoms with Crippen molar-refractivity contribution >= 4 is 27.5 Å². The van der Waals surface area contributed by atoms with Crippen LogP contribution < -0.4 is 5.32 Å². The van der Waals surface area contributed by atoms with Gasteiger partial charge >= 0.3 is 0 Å². The van der Waals surface area contributed by atoms with Crippen molar-refractivity contribution in [3.63, 3.8) is 0 Å². The Morgan fingerprint density at radius 2 is 2.25 bits per heavy atom. The molecule has 0 heterocycles. The Morgan fingerprint density at radius 3 is 2.88 bits per heavy atom. The summed E-state index contributed by atoms with van der Waals surface area (Å²) in [6.07, 6.45) is 2.20. The molecule has 0 saturated heterocycles. The lowest BCUT2D eigenvalue weighted by Gasteiger charge is -2.09. The van der Waals surface area contributed by atoms with Crippen molar-refractivity contribution in [2.75, 3.05) is 6.54 Å². The number of hydrogen-bond acceptors (Lipinski definition) is 1. The molecule has 90 valence electrons. The first-order chi connectivity index (χ1) is 7.63. The monoisotopic (exact) mass is 307 g/mol. The van der Waals surface area contributed by atoms with E-state index in [1.807, 2.05) is 0 Å². The van der Waals surface area contributed by atoms with E-state index in [-0.39, 0.29) is 5.82 Å². The third-order valence-corrected chi connectivity index (χ3v) is 3.87. The van der Waals surface area contributed by atoms with Gasteiger partial charge in [-0.05, 0) is 37.1 Å². The molecular weight excluding hydrogens is 292 g/mol. The van der Waals surface area contributed by atoms with E-state index in [0.717, 1.165) is 24.9 Å². The van der Waals surface area contributed by atoms with Crippen molar-refractivity contribution < 1.29 is 4.39 Å². The van der Waals surface area contributed by atoms with Crippen molar-refractivity contribution in [3.8, 4) is 0 Å². The molecule has 0 aliphatic carbocycles. The van der Waals surface area contributed by atoms with Crippen molar-refractivity contribution in [2.45, 2.75) is 31.1 Å². The van der Waals surface area contributed by atoms with E-state index in [9.17, 15) is 4.39 Å². The number of benzene rings is 1. The molecule has 0 aromatic heterocycles.